The van der Waals surface area contributed by atoms with Crippen molar-refractivity contribution >= 4 is 11.8 Å². The maximum Gasteiger partial charge on any atom is 0.407 e. The number of hydrogen-bond donors (Lipinski definition) is 1. The Morgan fingerprint density at radius 2 is 1.82 bits per heavy atom. The van der Waals surface area contributed by atoms with Crippen molar-refractivity contribution in [2.24, 2.45) is 11.8 Å². The molecule has 1 aliphatic carbocycles. The minimum Gasteiger partial charge on any atom is -0.453 e. The van der Waals surface area contributed by atoms with Gasteiger partial charge in [0.2, 0.25) is 0 Å². The van der Waals surface area contributed by atoms with Gasteiger partial charge in [0, 0.05) is 44.2 Å². The highest BCUT2D eigenvalue weighted by Gasteiger charge is 2.53. The molecule has 6 rings (SSSR count). The van der Waals surface area contributed by atoms with Crippen molar-refractivity contribution in [2.75, 3.05) is 91.7 Å². The number of benzene rings is 2. The van der Waals surface area contributed by atoms with Crippen LogP contribution in [0.3, 0.4) is 0 Å². The van der Waals surface area contributed by atoms with Crippen LogP contribution in [0.1, 0.15) is 48.8 Å². The molecule has 2 aromatic carbocycles. The Morgan fingerprint density at radius 1 is 1.08 bits per heavy atom. The van der Waals surface area contributed by atoms with Gasteiger partial charge in [0.1, 0.15) is 11.6 Å². The highest BCUT2D eigenvalue weighted by Crippen LogP contribution is 2.51. The van der Waals surface area contributed by atoms with E-state index in [-0.39, 0.29) is 43.3 Å². The second kappa shape index (κ2) is 15.5. The summed E-state index contributed by atoms with van der Waals surface area (Å²) in [5.41, 5.74) is 0.373. The molecule has 2 aromatic rings. The fourth-order valence-electron chi connectivity index (χ4n) is 9.30. The first kappa shape index (κ1) is 36.4. The van der Waals surface area contributed by atoms with Crippen molar-refractivity contribution in [1.29, 1.82) is 5.26 Å². The van der Waals surface area contributed by atoms with Crippen LogP contribution >= 0.6 is 0 Å². The first-order valence-corrected chi connectivity index (χ1v) is 18.0. The molecule has 1 unspecified atom stereocenters. The number of likely N-dealkylation sites (tertiary alicyclic amines) is 1. The molecule has 0 bridgehead atoms. The number of morpholine rings is 1. The number of nitrogens with zero attached hydrogens (tertiary/aromatic N) is 5. The second-order valence-electron chi connectivity index (χ2n) is 15.1. The van der Waals surface area contributed by atoms with Gasteiger partial charge in [-0.1, -0.05) is 18.6 Å². The molecule has 4 aliphatic rings. The van der Waals surface area contributed by atoms with E-state index in [2.05, 4.69) is 27.3 Å². The number of ether oxygens (including phenoxy) is 2. The van der Waals surface area contributed by atoms with Crippen LogP contribution in [0.25, 0.3) is 0 Å². The van der Waals surface area contributed by atoms with Gasteiger partial charge in [0.05, 0.1) is 50.7 Å². The zero-order chi connectivity index (χ0) is 35.5. The summed E-state index contributed by atoms with van der Waals surface area (Å²) in [4.78, 5) is 20.8. The largest absolute Gasteiger partial charge is 0.453 e. The molecule has 1 amide bonds. The van der Waals surface area contributed by atoms with E-state index in [0.717, 1.165) is 62.9 Å². The third-order valence-corrected chi connectivity index (χ3v) is 11.5. The van der Waals surface area contributed by atoms with Gasteiger partial charge >= 0.3 is 6.09 Å². The SMILES string of the molecule is COC(=O)N[C@H]1CCC[C@@H]1C(CN1CCOCC1)(c1cccc(F)c1)C1CCN(CC2(F)CN(c3cc(CN(C)C)c(C#N)cc3F)C2)CC1. The molecule has 9 nitrogen and oxygen atoms in total. The number of halogens is 3. The number of methoxy groups -OCH3 is 1. The third-order valence-electron chi connectivity index (χ3n) is 11.5. The van der Waals surface area contributed by atoms with Gasteiger partial charge in [0.15, 0.2) is 5.67 Å². The molecule has 3 heterocycles. The van der Waals surface area contributed by atoms with Crippen LogP contribution in [-0.2, 0) is 21.4 Å². The van der Waals surface area contributed by atoms with Crippen molar-refractivity contribution in [3.05, 3.63) is 64.7 Å². The molecule has 12 heteroatoms. The number of rotatable bonds is 11. The van der Waals surface area contributed by atoms with E-state index in [1.54, 1.807) is 23.1 Å². The van der Waals surface area contributed by atoms with Crippen molar-refractivity contribution in [2.45, 2.75) is 55.8 Å². The fraction of sp³-hybridized carbons (Fsp3) is 0.632. The topological polar surface area (TPSA) is 84.3 Å². The van der Waals surface area contributed by atoms with Crippen molar-refractivity contribution in [1.82, 2.24) is 20.0 Å². The molecule has 3 aliphatic heterocycles. The van der Waals surface area contributed by atoms with E-state index in [1.165, 1.54) is 19.2 Å². The lowest BCUT2D eigenvalue weighted by molar-refractivity contribution is -0.0124. The maximum atomic E-state index is 16.2. The lowest BCUT2D eigenvalue weighted by atomic mass is 9.58. The van der Waals surface area contributed by atoms with Crippen LogP contribution in [0.5, 0.6) is 0 Å². The van der Waals surface area contributed by atoms with Gasteiger partial charge < -0.3 is 24.6 Å². The van der Waals surface area contributed by atoms with Crippen LogP contribution in [0.15, 0.2) is 36.4 Å². The van der Waals surface area contributed by atoms with Gasteiger partial charge in [-0.15, -0.1) is 0 Å². The minimum atomic E-state index is -1.48. The minimum absolute atomic E-state index is 0.0650. The molecule has 272 valence electrons. The van der Waals surface area contributed by atoms with E-state index in [1.807, 2.05) is 19.0 Å². The number of hydrogen-bond acceptors (Lipinski definition) is 8. The quantitative estimate of drug-likeness (QED) is 0.354. The number of nitrogens with one attached hydrogen (secondary N) is 1. The van der Waals surface area contributed by atoms with Gasteiger partial charge in [-0.05, 0) is 100 Å². The van der Waals surface area contributed by atoms with Crippen LogP contribution in [-0.4, -0.2) is 119 Å². The van der Waals surface area contributed by atoms with Gasteiger partial charge in [-0.3, -0.25) is 9.80 Å². The molecule has 0 radical (unpaired) electrons. The molecule has 1 saturated carbocycles. The predicted octanol–water partition coefficient (Wildman–Crippen LogP) is 4.93. The summed E-state index contributed by atoms with van der Waals surface area (Å²) in [6, 6.07) is 11.9. The third kappa shape index (κ3) is 7.76. The average Bonchev–Trinajstić information content (AvgIpc) is 3.55. The number of anilines is 1. The van der Waals surface area contributed by atoms with Gasteiger partial charge in [-0.2, -0.15) is 5.26 Å². The number of piperidine rings is 1. The van der Waals surface area contributed by atoms with E-state index < -0.39 is 23.0 Å². The number of alkyl carbamates (subject to hydrolysis) is 1. The Bertz CT molecular complexity index is 1530. The zero-order valence-electron chi connectivity index (χ0n) is 29.6. The molecular formula is C38H51F3N6O3. The monoisotopic (exact) mass is 696 g/mol. The Labute approximate surface area is 294 Å². The Balaban J connectivity index is 1.20. The lowest BCUT2D eigenvalue weighted by Gasteiger charge is -2.53. The first-order valence-electron chi connectivity index (χ1n) is 18.0. The van der Waals surface area contributed by atoms with E-state index in [4.69, 9.17) is 9.47 Å². The Morgan fingerprint density at radius 3 is 2.48 bits per heavy atom. The number of carbonyl (C=O) groups is 1. The maximum absolute atomic E-state index is 16.2. The number of carbonyl (C=O) groups excluding carboxylic acids is 1. The normalized spacial score (nSPS) is 24.4. The van der Waals surface area contributed by atoms with Crippen LogP contribution < -0.4 is 10.2 Å². The standard InChI is InChI=1S/C38H51F3N6O3/c1-44(2)22-28-19-35(33(40)18-27(28)21-42)47-24-37(41,25-47)23-45-12-10-29(11-13-45)38(26-46-14-16-50-17-15-46,30-6-4-7-31(39)20-30)32-8-5-9-34(32)43-36(48)49-3/h4,6-7,18-20,29,32,34H,5,8-17,22-26H2,1-3H3,(H,43,48)/t32-,34-,38?/m0/s1. The van der Waals surface area contributed by atoms with E-state index in [0.29, 0.717) is 44.1 Å². The Kier molecular flexibility index (Phi) is 11.3. The van der Waals surface area contributed by atoms with Crippen molar-refractivity contribution < 1.29 is 27.4 Å². The average molecular weight is 697 g/mol. The second-order valence-corrected chi connectivity index (χ2v) is 15.1. The molecule has 3 atom stereocenters. The highest BCUT2D eigenvalue weighted by molar-refractivity contribution is 5.67. The molecule has 4 fully saturated rings. The van der Waals surface area contributed by atoms with Crippen molar-refractivity contribution in [3.63, 3.8) is 0 Å². The number of alkyl halides is 1. The Hall–Kier alpha value is -3.37. The summed E-state index contributed by atoms with van der Waals surface area (Å²) in [7, 11) is 5.16. The number of amides is 1. The molecule has 1 N–H and O–H groups in total. The number of nitriles is 1. The summed E-state index contributed by atoms with van der Waals surface area (Å²) in [6.45, 7) is 5.89. The smallest absolute Gasteiger partial charge is 0.407 e. The van der Waals surface area contributed by atoms with Gasteiger partial charge in [0.25, 0.3) is 0 Å². The van der Waals surface area contributed by atoms with Gasteiger partial charge in [-0.25, -0.2) is 18.0 Å². The molecular weight excluding hydrogens is 645 g/mol. The first-order chi connectivity index (χ1) is 24.0. The fourth-order valence-corrected chi connectivity index (χ4v) is 9.30. The van der Waals surface area contributed by atoms with E-state index >= 15 is 13.2 Å². The van der Waals surface area contributed by atoms with Crippen LogP contribution in [0.2, 0.25) is 0 Å². The molecule has 0 aromatic heterocycles. The summed E-state index contributed by atoms with van der Waals surface area (Å²) in [6.07, 6.45) is 3.85. The van der Waals surface area contributed by atoms with Crippen molar-refractivity contribution in [3.8, 4) is 6.07 Å². The van der Waals surface area contributed by atoms with E-state index in [9.17, 15) is 10.1 Å². The van der Waals surface area contributed by atoms with Crippen LogP contribution in [0, 0.1) is 34.8 Å². The summed E-state index contributed by atoms with van der Waals surface area (Å²) < 4.78 is 57.1. The summed E-state index contributed by atoms with van der Waals surface area (Å²) in [5, 5.41) is 12.6. The predicted molar refractivity (Wildman–Crippen MR) is 186 cm³/mol. The van der Waals surface area contributed by atoms with Crippen LogP contribution in [0.4, 0.5) is 23.7 Å². The lowest BCUT2D eigenvalue weighted by Crippen LogP contribution is -2.65. The zero-order valence-corrected chi connectivity index (χ0v) is 29.6. The molecule has 50 heavy (non-hydrogen) atoms. The molecule has 0 spiro atoms. The molecule has 3 saturated heterocycles. The summed E-state index contributed by atoms with van der Waals surface area (Å²) in [5.74, 6) is -0.545. The summed E-state index contributed by atoms with van der Waals surface area (Å²) >= 11 is 0. The highest BCUT2D eigenvalue weighted by atomic mass is 19.1.